The molecule has 5 heteroatoms. The molecule has 1 saturated heterocycles. The molecule has 3 aromatic rings. The van der Waals surface area contributed by atoms with E-state index in [0.717, 1.165) is 39.0 Å². The van der Waals surface area contributed by atoms with Gasteiger partial charge in [0.25, 0.3) is 5.91 Å². The average molecular weight is 432 g/mol. The number of nitrogens with zero attached hydrogens (tertiary/aromatic N) is 2. The highest BCUT2D eigenvalue weighted by Gasteiger charge is 2.21. The number of amides is 1. The molecule has 5 nitrogen and oxygen atoms in total. The Balaban J connectivity index is 1.32. The average Bonchev–Trinajstić information content (AvgIpc) is 2.80. The van der Waals surface area contributed by atoms with Crippen molar-refractivity contribution in [1.29, 1.82) is 0 Å². The van der Waals surface area contributed by atoms with Gasteiger partial charge in [-0.15, -0.1) is 0 Å². The van der Waals surface area contributed by atoms with Crippen LogP contribution in [0.1, 0.15) is 34.3 Å². The van der Waals surface area contributed by atoms with Gasteiger partial charge in [0.15, 0.2) is 0 Å². The van der Waals surface area contributed by atoms with E-state index in [0.29, 0.717) is 11.3 Å². The summed E-state index contributed by atoms with van der Waals surface area (Å²) >= 11 is 0. The lowest BCUT2D eigenvalue weighted by Gasteiger charge is -2.32. The van der Waals surface area contributed by atoms with Crippen LogP contribution in [0.5, 0.6) is 5.75 Å². The molecule has 0 atom stereocenters. The molecule has 1 amide bonds. The first-order chi connectivity index (χ1) is 15.5. The number of ether oxygens (including phenoxy) is 1. The van der Waals surface area contributed by atoms with Gasteiger partial charge in [-0.1, -0.05) is 30.3 Å². The summed E-state index contributed by atoms with van der Waals surface area (Å²) in [6.45, 7) is 3.88. The Hall–Kier alpha value is -2.89. The molecule has 0 spiro atoms. The Morgan fingerprint density at radius 1 is 1.00 bits per heavy atom. The smallest absolute Gasteiger partial charge is 0.251 e. The van der Waals surface area contributed by atoms with E-state index < -0.39 is 0 Å². The van der Waals surface area contributed by atoms with Gasteiger partial charge in [-0.2, -0.15) is 0 Å². The number of piperidine rings is 1. The monoisotopic (exact) mass is 431 g/mol. The number of nitrogens with one attached hydrogen (secondary N) is 1. The van der Waals surface area contributed by atoms with Gasteiger partial charge in [0.2, 0.25) is 0 Å². The summed E-state index contributed by atoms with van der Waals surface area (Å²) in [5.74, 6) is 0.682. The van der Waals surface area contributed by atoms with Gasteiger partial charge >= 0.3 is 0 Å². The van der Waals surface area contributed by atoms with E-state index in [2.05, 4.69) is 65.6 Å². The number of methoxy groups -OCH3 is 1. The van der Waals surface area contributed by atoms with Crippen molar-refractivity contribution in [3.05, 3.63) is 77.4 Å². The second kappa shape index (κ2) is 10.2. The van der Waals surface area contributed by atoms with Gasteiger partial charge in [0.05, 0.1) is 7.11 Å². The summed E-state index contributed by atoms with van der Waals surface area (Å²) in [6.07, 6.45) is 1.94. The summed E-state index contributed by atoms with van der Waals surface area (Å²) in [6, 6.07) is 21.1. The van der Waals surface area contributed by atoms with Crippen LogP contribution < -0.4 is 10.1 Å². The van der Waals surface area contributed by atoms with E-state index in [1.165, 1.54) is 21.9 Å². The van der Waals surface area contributed by atoms with Crippen LogP contribution in [-0.2, 0) is 13.1 Å². The van der Waals surface area contributed by atoms with Crippen molar-refractivity contribution in [1.82, 2.24) is 15.1 Å². The van der Waals surface area contributed by atoms with E-state index >= 15 is 0 Å². The first kappa shape index (κ1) is 22.3. The van der Waals surface area contributed by atoms with Crippen LogP contribution in [0.15, 0.2) is 60.7 Å². The highest BCUT2D eigenvalue weighted by molar-refractivity contribution is 5.94. The molecule has 168 valence electrons. The third-order valence-corrected chi connectivity index (χ3v) is 6.13. The molecule has 0 unspecified atom stereocenters. The number of rotatable bonds is 7. The summed E-state index contributed by atoms with van der Waals surface area (Å²) in [5, 5.41) is 5.79. The predicted octanol–water partition coefficient (Wildman–Crippen LogP) is 4.30. The van der Waals surface area contributed by atoms with Gasteiger partial charge in [-0.3, -0.25) is 9.69 Å². The fourth-order valence-electron chi connectivity index (χ4n) is 4.43. The number of hydrogen-bond donors (Lipinski definition) is 1. The molecular weight excluding hydrogens is 398 g/mol. The van der Waals surface area contributed by atoms with E-state index in [4.69, 9.17) is 4.74 Å². The molecule has 1 heterocycles. The minimum atomic E-state index is -0.0228. The normalized spacial score (nSPS) is 15.2. The second-order valence-electron chi connectivity index (χ2n) is 9.01. The van der Waals surface area contributed by atoms with Crippen LogP contribution in [0.3, 0.4) is 0 Å². The molecule has 0 saturated carbocycles. The standard InChI is InChI=1S/C27H33N3O2/c1-29(2)18-20-7-9-22-10-8-21(16-24(22)15-20)19-30-13-11-25(12-14-30)28-27(31)23-5-4-6-26(17-23)32-3/h4-10,15-17,25H,11-14,18-19H2,1-3H3,(H,28,31). The molecule has 1 N–H and O–H groups in total. The van der Waals surface area contributed by atoms with Crippen LogP contribution in [0, 0.1) is 0 Å². The summed E-state index contributed by atoms with van der Waals surface area (Å²) < 4.78 is 5.23. The van der Waals surface area contributed by atoms with Crippen molar-refractivity contribution in [2.75, 3.05) is 34.3 Å². The molecular formula is C27H33N3O2. The molecule has 3 aromatic carbocycles. The molecule has 0 radical (unpaired) electrons. The second-order valence-corrected chi connectivity index (χ2v) is 9.01. The number of benzene rings is 3. The van der Waals surface area contributed by atoms with Crippen LogP contribution in [0.2, 0.25) is 0 Å². The number of fused-ring (bicyclic) bond motifs is 1. The number of carbonyl (C=O) groups excluding carboxylic acids is 1. The van der Waals surface area contributed by atoms with Gasteiger partial charge < -0.3 is 15.0 Å². The van der Waals surface area contributed by atoms with Crippen LogP contribution in [0.4, 0.5) is 0 Å². The maximum Gasteiger partial charge on any atom is 0.251 e. The number of hydrogen-bond acceptors (Lipinski definition) is 4. The van der Waals surface area contributed by atoms with Gasteiger partial charge in [-0.25, -0.2) is 0 Å². The summed E-state index contributed by atoms with van der Waals surface area (Å²) in [5.41, 5.74) is 3.34. The maximum atomic E-state index is 12.6. The Morgan fingerprint density at radius 3 is 2.44 bits per heavy atom. The fraction of sp³-hybridized carbons (Fsp3) is 0.370. The van der Waals surface area contributed by atoms with Gasteiger partial charge in [0, 0.05) is 37.8 Å². The van der Waals surface area contributed by atoms with Crippen LogP contribution in [-0.4, -0.2) is 56.0 Å². The Morgan fingerprint density at radius 2 is 1.72 bits per heavy atom. The van der Waals surface area contributed by atoms with Crippen LogP contribution in [0.25, 0.3) is 10.8 Å². The SMILES string of the molecule is COc1cccc(C(=O)NC2CCN(Cc3ccc4ccc(CN(C)C)cc4c3)CC2)c1. The lowest BCUT2D eigenvalue weighted by Crippen LogP contribution is -2.44. The Kier molecular flexibility index (Phi) is 7.08. The van der Waals surface area contributed by atoms with Gasteiger partial charge in [0.1, 0.15) is 5.75 Å². The quantitative estimate of drug-likeness (QED) is 0.606. The summed E-state index contributed by atoms with van der Waals surface area (Å²) in [4.78, 5) is 17.3. The molecule has 1 aliphatic heterocycles. The number of likely N-dealkylation sites (tertiary alicyclic amines) is 1. The largest absolute Gasteiger partial charge is 0.497 e. The first-order valence-corrected chi connectivity index (χ1v) is 11.3. The summed E-state index contributed by atoms with van der Waals surface area (Å²) in [7, 11) is 5.82. The van der Waals surface area contributed by atoms with Crippen molar-refractivity contribution in [3.8, 4) is 5.75 Å². The molecule has 4 rings (SSSR count). The zero-order valence-electron chi connectivity index (χ0n) is 19.3. The zero-order chi connectivity index (χ0) is 22.5. The number of carbonyl (C=O) groups is 1. The predicted molar refractivity (Wildman–Crippen MR) is 130 cm³/mol. The van der Waals surface area contributed by atoms with Crippen molar-refractivity contribution in [3.63, 3.8) is 0 Å². The first-order valence-electron chi connectivity index (χ1n) is 11.3. The minimum Gasteiger partial charge on any atom is -0.497 e. The zero-order valence-corrected chi connectivity index (χ0v) is 19.3. The highest BCUT2D eigenvalue weighted by atomic mass is 16.5. The molecule has 32 heavy (non-hydrogen) atoms. The van der Waals surface area contributed by atoms with E-state index in [1.807, 2.05) is 18.2 Å². The van der Waals surface area contributed by atoms with E-state index in [-0.39, 0.29) is 11.9 Å². The molecule has 1 aliphatic rings. The third-order valence-electron chi connectivity index (χ3n) is 6.13. The van der Waals surface area contributed by atoms with E-state index in [9.17, 15) is 4.79 Å². The molecule has 0 bridgehead atoms. The Labute approximate surface area is 191 Å². The fourth-order valence-corrected chi connectivity index (χ4v) is 4.43. The van der Waals surface area contributed by atoms with Crippen molar-refractivity contribution >= 4 is 16.7 Å². The highest BCUT2D eigenvalue weighted by Crippen LogP contribution is 2.21. The molecule has 0 aromatic heterocycles. The van der Waals surface area contributed by atoms with Crippen LogP contribution >= 0.6 is 0 Å². The molecule has 0 aliphatic carbocycles. The minimum absolute atomic E-state index is 0.0228. The third kappa shape index (κ3) is 5.67. The Bertz CT molecular complexity index is 1070. The van der Waals surface area contributed by atoms with Crippen molar-refractivity contribution < 1.29 is 9.53 Å². The lowest BCUT2D eigenvalue weighted by molar-refractivity contribution is 0.0908. The van der Waals surface area contributed by atoms with Crippen molar-refractivity contribution in [2.45, 2.75) is 32.0 Å². The molecule has 1 fully saturated rings. The van der Waals surface area contributed by atoms with Gasteiger partial charge in [-0.05, 0) is 79.2 Å². The maximum absolute atomic E-state index is 12.6. The van der Waals surface area contributed by atoms with Crippen molar-refractivity contribution in [2.24, 2.45) is 0 Å². The van der Waals surface area contributed by atoms with E-state index in [1.54, 1.807) is 13.2 Å². The topological polar surface area (TPSA) is 44.8 Å². The lowest BCUT2D eigenvalue weighted by atomic mass is 10.0.